The number of hydrogen-bond acceptors (Lipinski definition) is 3. The minimum Gasteiger partial charge on any atom is -0.392 e. The number of aliphatic hydroxyl groups is 1. The molecule has 2 N–H and O–H groups in total. The van der Waals surface area contributed by atoms with Crippen molar-refractivity contribution in [2.24, 2.45) is 0 Å². The fourth-order valence-electron chi connectivity index (χ4n) is 1.73. The number of rotatable bonds is 4. The highest BCUT2D eigenvalue weighted by molar-refractivity contribution is 5.94. The van der Waals surface area contributed by atoms with E-state index < -0.39 is 0 Å². The molecule has 0 saturated heterocycles. The molecule has 2 rings (SSSR count). The summed E-state index contributed by atoms with van der Waals surface area (Å²) in [6.07, 6.45) is 0. The van der Waals surface area contributed by atoms with Crippen molar-refractivity contribution in [3.63, 3.8) is 0 Å². The van der Waals surface area contributed by atoms with E-state index in [1.54, 1.807) is 48.5 Å². The Kier molecular flexibility index (Phi) is 4.43. The third-order valence-corrected chi connectivity index (χ3v) is 2.90. The van der Waals surface area contributed by atoms with Crippen LogP contribution in [-0.2, 0) is 13.2 Å². The first kappa shape index (κ1) is 13.7. The second-order valence-electron chi connectivity index (χ2n) is 4.30. The largest absolute Gasteiger partial charge is 0.392 e. The number of aliphatic hydroxyl groups excluding tert-OH is 1. The molecule has 0 radical (unpaired) electrons. The van der Waals surface area contributed by atoms with Gasteiger partial charge in [0.2, 0.25) is 5.39 Å². The molecule has 2 aromatic carbocycles. The predicted octanol–water partition coefficient (Wildman–Crippen LogP) is 2.59. The van der Waals surface area contributed by atoms with Crippen molar-refractivity contribution >= 4 is 11.6 Å². The molecule has 0 aliphatic heterocycles. The molecule has 2 aromatic rings. The minimum absolute atomic E-state index is 0.0375. The van der Waals surface area contributed by atoms with Crippen molar-refractivity contribution in [3.05, 3.63) is 70.2 Å². The molecule has 0 aromatic heterocycles. The summed E-state index contributed by atoms with van der Waals surface area (Å²) in [6, 6.07) is 13.7. The maximum absolute atomic E-state index is 11.9. The van der Waals surface area contributed by atoms with E-state index >= 15 is 0 Å². The SMILES string of the molecule is N#[N+]c1ccc(CNC(=O)c2ccc(CO)cc2)cc1. The summed E-state index contributed by atoms with van der Waals surface area (Å²) in [4.78, 5) is 15.0. The summed E-state index contributed by atoms with van der Waals surface area (Å²) < 4.78 is 0. The van der Waals surface area contributed by atoms with Gasteiger partial charge in [0.05, 0.1) is 6.61 Å². The van der Waals surface area contributed by atoms with Gasteiger partial charge in [-0.15, -0.1) is 0 Å². The number of hydrogen-bond donors (Lipinski definition) is 2. The van der Waals surface area contributed by atoms with E-state index in [2.05, 4.69) is 10.3 Å². The van der Waals surface area contributed by atoms with Gasteiger partial charge in [-0.3, -0.25) is 4.79 Å². The number of carbonyl (C=O) groups excluding carboxylic acids is 1. The van der Waals surface area contributed by atoms with Crippen molar-refractivity contribution < 1.29 is 9.90 Å². The molecular weight excluding hydrogens is 254 g/mol. The molecule has 5 heteroatoms. The van der Waals surface area contributed by atoms with E-state index in [-0.39, 0.29) is 12.5 Å². The van der Waals surface area contributed by atoms with Gasteiger partial charge in [0, 0.05) is 24.2 Å². The Labute approximate surface area is 116 Å². The van der Waals surface area contributed by atoms with Crippen LogP contribution >= 0.6 is 0 Å². The number of benzene rings is 2. The zero-order valence-corrected chi connectivity index (χ0v) is 10.8. The molecule has 0 saturated carbocycles. The Morgan fingerprint density at radius 1 is 1.05 bits per heavy atom. The van der Waals surface area contributed by atoms with E-state index in [1.807, 2.05) is 0 Å². The van der Waals surface area contributed by atoms with Gasteiger partial charge in [0.25, 0.3) is 5.91 Å². The lowest BCUT2D eigenvalue weighted by atomic mass is 10.1. The summed E-state index contributed by atoms with van der Waals surface area (Å²) in [5.74, 6) is -0.176. The van der Waals surface area contributed by atoms with Gasteiger partial charge in [-0.05, 0) is 35.4 Å². The molecule has 0 aliphatic carbocycles. The van der Waals surface area contributed by atoms with Crippen molar-refractivity contribution in [1.29, 1.82) is 5.39 Å². The van der Waals surface area contributed by atoms with E-state index in [0.717, 1.165) is 11.1 Å². The number of nitrogens with zero attached hydrogens (tertiary/aromatic N) is 2. The second-order valence-corrected chi connectivity index (χ2v) is 4.30. The number of amides is 1. The molecule has 0 aliphatic rings. The zero-order valence-electron chi connectivity index (χ0n) is 10.8. The average molecular weight is 268 g/mol. The second kappa shape index (κ2) is 6.45. The molecule has 100 valence electrons. The van der Waals surface area contributed by atoms with Crippen molar-refractivity contribution in [2.45, 2.75) is 13.2 Å². The normalized spacial score (nSPS) is 9.80. The minimum atomic E-state index is -0.176. The van der Waals surface area contributed by atoms with Crippen LogP contribution in [-0.4, -0.2) is 11.0 Å². The molecule has 0 bridgehead atoms. The van der Waals surface area contributed by atoms with E-state index in [9.17, 15) is 4.79 Å². The molecule has 0 unspecified atom stereocenters. The van der Waals surface area contributed by atoms with Gasteiger partial charge in [0.1, 0.15) is 0 Å². The fourth-order valence-corrected chi connectivity index (χ4v) is 1.73. The van der Waals surface area contributed by atoms with Crippen LogP contribution in [0.5, 0.6) is 0 Å². The van der Waals surface area contributed by atoms with Crippen LogP contribution in [0.4, 0.5) is 5.69 Å². The van der Waals surface area contributed by atoms with Gasteiger partial charge in [-0.2, -0.15) is 0 Å². The maximum Gasteiger partial charge on any atom is 0.385 e. The Balaban J connectivity index is 1.95. The molecule has 0 spiro atoms. The van der Waals surface area contributed by atoms with Crippen LogP contribution < -0.4 is 5.32 Å². The number of diazo groups is 1. The quantitative estimate of drug-likeness (QED) is 0.837. The van der Waals surface area contributed by atoms with Crippen LogP contribution in [0.3, 0.4) is 0 Å². The monoisotopic (exact) mass is 268 g/mol. The third-order valence-electron chi connectivity index (χ3n) is 2.90. The molecule has 20 heavy (non-hydrogen) atoms. The Morgan fingerprint density at radius 2 is 1.65 bits per heavy atom. The number of carbonyl (C=O) groups is 1. The van der Waals surface area contributed by atoms with Crippen LogP contribution in [0.25, 0.3) is 4.98 Å². The molecule has 0 atom stereocenters. The topological polar surface area (TPSA) is 77.5 Å². The number of nitrogens with one attached hydrogen (secondary N) is 1. The fraction of sp³-hybridized carbons (Fsp3) is 0.133. The lowest BCUT2D eigenvalue weighted by Crippen LogP contribution is -2.22. The summed E-state index contributed by atoms with van der Waals surface area (Å²) in [6.45, 7) is 0.358. The summed E-state index contributed by atoms with van der Waals surface area (Å²) in [7, 11) is 0. The van der Waals surface area contributed by atoms with Gasteiger partial charge in [-0.25, -0.2) is 0 Å². The molecule has 0 fully saturated rings. The van der Waals surface area contributed by atoms with Gasteiger partial charge < -0.3 is 10.4 Å². The Bertz CT molecular complexity index is 628. The first-order valence-corrected chi connectivity index (χ1v) is 6.15. The first-order valence-electron chi connectivity index (χ1n) is 6.15. The maximum atomic E-state index is 11.9. The van der Waals surface area contributed by atoms with E-state index in [1.165, 1.54) is 0 Å². The van der Waals surface area contributed by atoms with Crippen LogP contribution in [0.1, 0.15) is 21.5 Å². The van der Waals surface area contributed by atoms with Crippen molar-refractivity contribution in [1.82, 2.24) is 5.32 Å². The van der Waals surface area contributed by atoms with Crippen molar-refractivity contribution in [2.75, 3.05) is 0 Å². The lowest BCUT2D eigenvalue weighted by Gasteiger charge is -2.05. The summed E-state index contributed by atoms with van der Waals surface area (Å²) in [5, 5.41) is 20.3. The Hall–Kier alpha value is -2.71. The molecule has 0 heterocycles. The predicted molar refractivity (Wildman–Crippen MR) is 74.7 cm³/mol. The highest BCUT2D eigenvalue weighted by Gasteiger charge is 2.06. The molecule has 5 nitrogen and oxygen atoms in total. The van der Waals surface area contributed by atoms with Crippen LogP contribution in [0.2, 0.25) is 0 Å². The molecular formula is C15H14N3O2+. The van der Waals surface area contributed by atoms with Gasteiger partial charge in [0.15, 0.2) is 4.98 Å². The lowest BCUT2D eigenvalue weighted by molar-refractivity contribution is 0.0951. The molecule has 1 amide bonds. The van der Waals surface area contributed by atoms with Crippen molar-refractivity contribution in [3.8, 4) is 0 Å². The highest BCUT2D eigenvalue weighted by atomic mass is 16.3. The zero-order chi connectivity index (χ0) is 14.4. The Morgan fingerprint density at radius 3 is 2.20 bits per heavy atom. The van der Waals surface area contributed by atoms with Gasteiger partial charge in [-0.1, -0.05) is 12.1 Å². The van der Waals surface area contributed by atoms with Crippen LogP contribution in [0.15, 0.2) is 48.5 Å². The smallest absolute Gasteiger partial charge is 0.385 e. The van der Waals surface area contributed by atoms with Gasteiger partial charge >= 0.3 is 5.69 Å². The first-order chi connectivity index (χ1) is 9.72. The van der Waals surface area contributed by atoms with E-state index in [0.29, 0.717) is 17.8 Å². The summed E-state index contributed by atoms with van der Waals surface area (Å²) in [5.41, 5.74) is 2.70. The van der Waals surface area contributed by atoms with Crippen LogP contribution in [0, 0.1) is 5.39 Å². The highest BCUT2D eigenvalue weighted by Crippen LogP contribution is 2.12. The van der Waals surface area contributed by atoms with E-state index in [4.69, 9.17) is 10.5 Å². The standard InChI is InChI=1S/C15H13N3O2/c16-18-14-7-3-11(4-8-14)9-17-15(20)13-5-1-12(10-19)2-6-13/h1-8,19H,9-10H2/p+1. The summed E-state index contributed by atoms with van der Waals surface area (Å²) >= 11 is 0. The average Bonchev–Trinajstić information content (AvgIpc) is 2.53. The third kappa shape index (κ3) is 3.40.